The molecule has 1 N–H and O–H groups in total. The van der Waals surface area contributed by atoms with E-state index in [0.29, 0.717) is 0 Å². The van der Waals surface area contributed by atoms with E-state index in [4.69, 9.17) is 4.74 Å². The van der Waals surface area contributed by atoms with Gasteiger partial charge in [-0.2, -0.15) is 0 Å². The van der Waals surface area contributed by atoms with Gasteiger partial charge >= 0.3 is 0 Å². The molecule has 1 atom stereocenters. The molecule has 0 aliphatic rings. The van der Waals surface area contributed by atoms with Crippen molar-refractivity contribution in [2.75, 3.05) is 7.11 Å². The first-order valence-electron chi connectivity index (χ1n) is 5.75. The molecule has 0 saturated heterocycles. The van der Waals surface area contributed by atoms with Gasteiger partial charge in [-0.1, -0.05) is 39.0 Å². The summed E-state index contributed by atoms with van der Waals surface area (Å²) in [4.78, 5) is 0. The standard InChI is InChI=1S/C14H22O2/c1-14(2,3)10-9-12(15)11-7-5-6-8-13(11)16-4/h5-8,12,15H,9-10H2,1-4H3. The van der Waals surface area contributed by atoms with Crippen LogP contribution in [0.25, 0.3) is 0 Å². The summed E-state index contributed by atoms with van der Waals surface area (Å²) in [6.07, 6.45) is 1.33. The van der Waals surface area contributed by atoms with Gasteiger partial charge in [0.2, 0.25) is 0 Å². The minimum Gasteiger partial charge on any atom is -0.496 e. The van der Waals surface area contributed by atoms with Crippen LogP contribution in [0.5, 0.6) is 5.75 Å². The van der Waals surface area contributed by atoms with Gasteiger partial charge < -0.3 is 9.84 Å². The molecule has 0 heterocycles. The maximum Gasteiger partial charge on any atom is 0.124 e. The van der Waals surface area contributed by atoms with Crippen LogP contribution in [-0.4, -0.2) is 12.2 Å². The van der Waals surface area contributed by atoms with Crippen LogP contribution < -0.4 is 4.74 Å². The first-order valence-corrected chi connectivity index (χ1v) is 5.75. The van der Waals surface area contributed by atoms with Crippen molar-refractivity contribution < 1.29 is 9.84 Å². The molecule has 1 unspecified atom stereocenters. The predicted octanol–water partition coefficient (Wildman–Crippen LogP) is 3.55. The van der Waals surface area contributed by atoms with Crippen molar-refractivity contribution in [1.82, 2.24) is 0 Å². The van der Waals surface area contributed by atoms with Crippen LogP contribution in [0.2, 0.25) is 0 Å². The van der Waals surface area contributed by atoms with Crippen LogP contribution in [0.15, 0.2) is 24.3 Å². The average Bonchev–Trinajstić information content (AvgIpc) is 2.25. The largest absolute Gasteiger partial charge is 0.496 e. The quantitative estimate of drug-likeness (QED) is 0.844. The van der Waals surface area contributed by atoms with Gasteiger partial charge in [-0.25, -0.2) is 0 Å². The minimum absolute atomic E-state index is 0.253. The molecule has 2 heteroatoms. The highest BCUT2D eigenvalue weighted by atomic mass is 16.5. The molecule has 90 valence electrons. The van der Waals surface area contributed by atoms with Gasteiger partial charge in [0.05, 0.1) is 13.2 Å². The number of ether oxygens (including phenoxy) is 1. The third kappa shape index (κ3) is 3.86. The number of aliphatic hydroxyl groups is 1. The lowest BCUT2D eigenvalue weighted by Crippen LogP contribution is -2.08. The van der Waals surface area contributed by atoms with Crippen molar-refractivity contribution >= 4 is 0 Å². The van der Waals surface area contributed by atoms with Crippen LogP contribution in [0, 0.1) is 5.41 Å². The molecule has 0 amide bonds. The topological polar surface area (TPSA) is 29.5 Å². The molecule has 0 aliphatic heterocycles. The number of hydrogen-bond acceptors (Lipinski definition) is 2. The summed E-state index contributed by atoms with van der Waals surface area (Å²) in [5.74, 6) is 0.768. The highest BCUT2D eigenvalue weighted by Gasteiger charge is 2.17. The number of methoxy groups -OCH3 is 1. The zero-order valence-electron chi connectivity index (χ0n) is 10.7. The number of benzene rings is 1. The molecule has 1 aromatic carbocycles. The van der Waals surface area contributed by atoms with Crippen molar-refractivity contribution in [3.63, 3.8) is 0 Å². The van der Waals surface area contributed by atoms with Crippen molar-refractivity contribution in [3.05, 3.63) is 29.8 Å². The average molecular weight is 222 g/mol. The summed E-state index contributed by atoms with van der Waals surface area (Å²) in [5, 5.41) is 10.1. The van der Waals surface area contributed by atoms with E-state index >= 15 is 0 Å². The van der Waals surface area contributed by atoms with Gasteiger partial charge in [0, 0.05) is 5.56 Å². The van der Waals surface area contributed by atoms with Crippen LogP contribution in [-0.2, 0) is 0 Å². The van der Waals surface area contributed by atoms with Gasteiger partial charge in [-0.15, -0.1) is 0 Å². The van der Waals surface area contributed by atoms with E-state index in [9.17, 15) is 5.11 Å². The van der Waals surface area contributed by atoms with Crippen LogP contribution in [0.1, 0.15) is 45.3 Å². The number of aliphatic hydroxyl groups excluding tert-OH is 1. The minimum atomic E-state index is -0.435. The summed E-state index contributed by atoms with van der Waals surface area (Å²) in [7, 11) is 1.63. The molecule has 0 aliphatic carbocycles. The van der Waals surface area contributed by atoms with Crippen molar-refractivity contribution in [2.45, 2.75) is 39.7 Å². The Bertz CT molecular complexity index is 326. The summed E-state index contributed by atoms with van der Waals surface area (Å²) in [6, 6.07) is 7.65. The zero-order chi connectivity index (χ0) is 12.2. The van der Waals surface area contributed by atoms with E-state index in [1.807, 2.05) is 24.3 Å². The molecule has 0 saturated carbocycles. The molecule has 16 heavy (non-hydrogen) atoms. The van der Waals surface area contributed by atoms with E-state index in [1.165, 1.54) is 0 Å². The third-order valence-electron chi connectivity index (χ3n) is 2.67. The second kappa shape index (κ2) is 5.35. The normalized spacial score (nSPS) is 13.6. The van der Waals surface area contributed by atoms with Crippen LogP contribution >= 0.6 is 0 Å². The molecule has 0 aromatic heterocycles. The lowest BCUT2D eigenvalue weighted by Gasteiger charge is -2.21. The fourth-order valence-corrected chi connectivity index (χ4v) is 1.67. The molecule has 0 spiro atoms. The molecule has 1 rings (SSSR count). The Balaban J connectivity index is 2.69. The third-order valence-corrected chi connectivity index (χ3v) is 2.67. The zero-order valence-corrected chi connectivity index (χ0v) is 10.7. The highest BCUT2D eigenvalue weighted by molar-refractivity contribution is 5.34. The van der Waals surface area contributed by atoms with E-state index < -0.39 is 6.10 Å². The van der Waals surface area contributed by atoms with E-state index in [1.54, 1.807) is 7.11 Å². The van der Waals surface area contributed by atoms with Crippen molar-refractivity contribution in [2.24, 2.45) is 5.41 Å². The number of rotatable bonds is 4. The molecule has 2 nitrogen and oxygen atoms in total. The Kier molecular flexibility index (Phi) is 4.36. The molecular formula is C14H22O2. The SMILES string of the molecule is COc1ccccc1C(O)CCC(C)(C)C. The molecule has 0 bridgehead atoms. The number of hydrogen-bond donors (Lipinski definition) is 1. The maximum atomic E-state index is 10.1. The van der Waals surface area contributed by atoms with Crippen molar-refractivity contribution in [1.29, 1.82) is 0 Å². The Morgan fingerprint density at radius 2 is 1.88 bits per heavy atom. The maximum absolute atomic E-state index is 10.1. The van der Waals surface area contributed by atoms with Gasteiger partial charge in [0.25, 0.3) is 0 Å². The first kappa shape index (κ1) is 13.0. The Hall–Kier alpha value is -1.02. The van der Waals surface area contributed by atoms with Gasteiger partial charge in [-0.05, 0) is 24.3 Å². The van der Waals surface area contributed by atoms with E-state index in [-0.39, 0.29) is 5.41 Å². The lowest BCUT2D eigenvalue weighted by atomic mass is 9.88. The summed E-state index contributed by atoms with van der Waals surface area (Å²) >= 11 is 0. The smallest absolute Gasteiger partial charge is 0.124 e. The van der Waals surface area contributed by atoms with Gasteiger partial charge in [0.15, 0.2) is 0 Å². The predicted molar refractivity (Wildman–Crippen MR) is 66.6 cm³/mol. The molecule has 0 radical (unpaired) electrons. The first-order chi connectivity index (χ1) is 7.44. The van der Waals surface area contributed by atoms with Crippen LogP contribution in [0.3, 0.4) is 0 Å². The Morgan fingerprint density at radius 1 is 1.25 bits per heavy atom. The molecular weight excluding hydrogens is 200 g/mol. The summed E-state index contributed by atoms with van der Waals surface area (Å²) < 4.78 is 5.24. The second-order valence-corrected chi connectivity index (χ2v) is 5.36. The summed E-state index contributed by atoms with van der Waals surface area (Å²) in [5.41, 5.74) is 1.14. The van der Waals surface area contributed by atoms with Gasteiger partial charge in [0.1, 0.15) is 5.75 Å². The van der Waals surface area contributed by atoms with E-state index in [2.05, 4.69) is 20.8 Å². The molecule has 1 aromatic rings. The summed E-state index contributed by atoms with van der Waals surface area (Å²) in [6.45, 7) is 6.55. The Labute approximate surface area is 98.3 Å². The highest BCUT2D eigenvalue weighted by Crippen LogP contribution is 2.31. The second-order valence-electron chi connectivity index (χ2n) is 5.36. The fourth-order valence-electron chi connectivity index (χ4n) is 1.67. The number of para-hydroxylation sites is 1. The Morgan fingerprint density at radius 3 is 2.44 bits per heavy atom. The monoisotopic (exact) mass is 222 g/mol. The van der Waals surface area contributed by atoms with Crippen LogP contribution in [0.4, 0.5) is 0 Å². The fraction of sp³-hybridized carbons (Fsp3) is 0.571. The van der Waals surface area contributed by atoms with Gasteiger partial charge in [-0.3, -0.25) is 0 Å². The van der Waals surface area contributed by atoms with Crippen molar-refractivity contribution in [3.8, 4) is 5.75 Å². The lowest BCUT2D eigenvalue weighted by molar-refractivity contribution is 0.144. The molecule has 0 fully saturated rings. The van der Waals surface area contributed by atoms with E-state index in [0.717, 1.165) is 24.2 Å².